The van der Waals surface area contributed by atoms with Crippen molar-refractivity contribution >= 4 is 22.4 Å². The molecule has 3 nitrogen and oxygen atoms in total. The second kappa shape index (κ2) is 8.17. The van der Waals surface area contributed by atoms with Crippen LogP contribution in [0, 0.1) is 0 Å². The Kier molecular flexibility index (Phi) is 6.23. The fourth-order valence-electron chi connectivity index (χ4n) is 1.81. The van der Waals surface area contributed by atoms with Gasteiger partial charge < -0.3 is 10.5 Å². The third kappa shape index (κ3) is 5.16. The van der Waals surface area contributed by atoms with Crippen LogP contribution in [0.2, 0.25) is 5.02 Å². The van der Waals surface area contributed by atoms with Crippen LogP contribution in [-0.4, -0.2) is 16.6 Å². The van der Waals surface area contributed by atoms with E-state index in [9.17, 15) is 4.21 Å². The number of halogens is 1. The molecule has 2 rings (SSSR count). The standard InChI is InChI=1S/C16H18ClNO2S/c17-14-4-8-16(9-5-14)21(19)11-1-10-20-15-6-2-13(12-18)3-7-15/h2-9H,1,10-12,18H2. The van der Waals surface area contributed by atoms with Crippen molar-refractivity contribution < 1.29 is 8.95 Å². The minimum Gasteiger partial charge on any atom is -0.494 e. The number of benzene rings is 2. The van der Waals surface area contributed by atoms with Crippen LogP contribution in [0.25, 0.3) is 0 Å². The summed E-state index contributed by atoms with van der Waals surface area (Å²) in [5, 5.41) is 0.653. The van der Waals surface area contributed by atoms with Crippen molar-refractivity contribution in [3.05, 3.63) is 59.1 Å². The predicted octanol–water partition coefficient (Wildman–Crippen LogP) is 3.38. The fraction of sp³-hybridized carbons (Fsp3) is 0.250. The Morgan fingerprint density at radius 1 is 1.05 bits per heavy atom. The fourth-order valence-corrected chi connectivity index (χ4v) is 2.99. The zero-order chi connectivity index (χ0) is 15.1. The molecule has 1 unspecified atom stereocenters. The minimum absolute atomic E-state index is 0.528. The van der Waals surface area contributed by atoms with Crippen LogP contribution in [0.4, 0.5) is 0 Å². The second-order valence-corrected chi connectivity index (χ2v) is 6.56. The highest BCUT2D eigenvalue weighted by atomic mass is 35.5. The molecule has 0 amide bonds. The van der Waals surface area contributed by atoms with Crippen molar-refractivity contribution in [2.75, 3.05) is 12.4 Å². The predicted molar refractivity (Wildman–Crippen MR) is 87.2 cm³/mol. The Morgan fingerprint density at radius 2 is 1.71 bits per heavy atom. The molecule has 21 heavy (non-hydrogen) atoms. The van der Waals surface area contributed by atoms with Crippen molar-refractivity contribution in [1.29, 1.82) is 0 Å². The minimum atomic E-state index is -1.01. The summed E-state index contributed by atoms with van der Waals surface area (Å²) in [4.78, 5) is 0.798. The van der Waals surface area contributed by atoms with Gasteiger partial charge in [-0.1, -0.05) is 23.7 Å². The lowest BCUT2D eigenvalue weighted by molar-refractivity contribution is 0.318. The maximum Gasteiger partial charge on any atom is 0.119 e. The summed E-state index contributed by atoms with van der Waals surface area (Å²) in [6.07, 6.45) is 0.730. The van der Waals surface area contributed by atoms with Crippen molar-refractivity contribution in [2.45, 2.75) is 17.9 Å². The highest BCUT2D eigenvalue weighted by molar-refractivity contribution is 7.85. The Balaban J connectivity index is 1.73. The van der Waals surface area contributed by atoms with Gasteiger partial charge in [0.25, 0.3) is 0 Å². The Hall–Kier alpha value is -1.36. The van der Waals surface area contributed by atoms with E-state index < -0.39 is 10.8 Å². The van der Waals surface area contributed by atoms with Crippen LogP contribution < -0.4 is 10.5 Å². The van der Waals surface area contributed by atoms with Crippen molar-refractivity contribution in [3.63, 3.8) is 0 Å². The van der Waals surface area contributed by atoms with E-state index in [1.807, 2.05) is 24.3 Å². The maximum atomic E-state index is 12.0. The molecule has 0 radical (unpaired) electrons. The van der Waals surface area contributed by atoms with Gasteiger partial charge in [-0.05, 0) is 48.4 Å². The summed E-state index contributed by atoms with van der Waals surface area (Å²) < 4.78 is 17.7. The van der Waals surface area contributed by atoms with Crippen LogP contribution in [0.3, 0.4) is 0 Å². The van der Waals surface area contributed by atoms with Gasteiger partial charge in [0.2, 0.25) is 0 Å². The van der Waals surface area contributed by atoms with Gasteiger partial charge in [0, 0.05) is 22.2 Å². The van der Waals surface area contributed by atoms with E-state index in [2.05, 4.69) is 0 Å². The first kappa shape index (κ1) is 16.0. The van der Waals surface area contributed by atoms with Gasteiger partial charge >= 0.3 is 0 Å². The molecular formula is C16H18ClNO2S. The number of hydrogen-bond donors (Lipinski definition) is 1. The van der Waals surface area contributed by atoms with Crippen molar-refractivity contribution in [3.8, 4) is 5.75 Å². The normalized spacial score (nSPS) is 12.1. The average molecular weight is 324 g/mol. The van der Waals surface area contributed by atoms with E-state index >= 15 is 0 Å². The largest absolute Gasteiger partial charge is 0.494 e. The lowest BCUT2D eigenvalue weighted by Gasteiger charge is -2.07. The highest BCUT2D eigenvalue weighted by Gasteiger charge is 2.04. The van der Waals surface area contributed by atoms with Gasteiger partial charge in [0.15, 0.2) is 0 Å². The average Bonchev–Trinajstić information content (AvgIpc) is 2.52. The molecule has 0 aliphatic carbocycles. The molecule has 2 N–H and O–H groups in total. The molecule has 1 atom stereocenters. The number of rotatable bonds is 7. The molecule has 5 heteroatoms. The summed E-state index contributed by atoms with van der Waals surface area (Å²) in [6, 6.07) is 14.8. The first-order valence-corrected chi connectivity index (χ1v) is 8.44. The number of hydrogen-bond acceptors (Lipinski definition) is 3. The number of nitrogens with two attached hydrogens (primary N) is 1. The molecule has 0 saturated heterocycles. The van der Waals surface area contributed by atoms with Crippen LogP contribution in [0.15, 0.2) is 53.4 Å². The van der Waals surface area contributed by atoms with E-state index in [4.69, 9.17) is 22.1 Å². The zero-order valence-corrected chi connectivity index (χ0v) is 13.2. The quantitative estimate of drug-likeness (QED) is 0.795. The summed E-state index contributed by atoms with van der Waals surface area (Å²) >= 11 is 5.81. The van der Waals surface area contributed by atoms with Gasteiger partial charge in [0.1, 0.15) is 5.75 Å². The third-order valence-electron chi connectivity index (χ3n) is 2.98. The van der Waals surface area contributed by atoms with Crippen molar-refractivity contribution in [1.82, 2.24) is 0 Å². The molecule has 0 bridgehead atoms. The SMILES string of the molecule is NCc1ccc(OCCCS(=O)c2ccc(Cl)cc2)cc1. The first-order chi connectivity index (χ1) is 10.2. The summed E-state index contributed by atoms with van der Waals surface area (Å²) in [5.41, 5.74) is 6.61. The molecule has 0 spiro atoms. The lowest BCUT2D eigenvalue weighted by Crippen LogP contribution is -2.05. The maximum absolute atomic E-state index is 12.0. The topological polar surface area (TPSA) is 52.3 Å². The first-order valence-electron chi connectivity index (χ1n) is 6.75. The molecule has 0 saturated carbocycles. The van der Waals surface area contributed by atoms with Crippen LogP contribution in [-0.2, 0) is 17.3 Å². The monoisotopic (exact) mass is 323 g/mol. The van der Waals surface area contributed by atoms with Crippen LogP contribution in [0.5, 0.6) is 5.75 Å². The molecule has 2 aromatic carbocycles. The molecular weight excluding hydrogens is 306 g/mol. The molecule has 0 aliphatic heterocycles. The van der Waals surface area contributed by atoms with E-state index in [1.165, 1.54) is 0 Å². The summed E-state index contributed by atoms with van der Waals surface area (Å²) in [5.74, 6) is 1.38. The second-order valence-electron chi connectivity index (χ2n) is 4.55. The van der Waals surface area contributed by atoms with Crippen LogP contribution in [0.1, 0.15) is 12.0 Å². The van der Waals surface area contributed by atoms with E-state index in [0.29, 0.717) is 23.9 Å². The van der Waals surface area contributed by atoms with Gasteiger partial charge in [0.05, 0.1) is 17.4 Å². The summed E-state index contributed by atoms with van der Waals surface area (Å²) in [7, 11) is -1.01. The molecule has 0 aromatic heterocycles. The lowest BCUT2D eigenvalue weighted by atomic mass is 10.2. The highest BCUT2D eigenvalue weighted by Crippen LogP contribution is 2.14. The molecule has 0 heterocycles. The Labute approximate surface area is 132 Å². The van der Waals surface area contributed by atoms with Gasteiger partial charge in [-0.25, -0.2) is 0 Å². The van der Waals surface area contributed by atoms with Gasteiger partial charge in [-0.3, -0.25) is 4.21 Å². The zero-order valence-electron chi connectivity index (χ0n) is 11.6. The molecule has 0 fully saturated rings. The van der Waals surface area contributed by atoms with Crippen LogP contribution >= 0.6 is 11.6 Å². The number of ether oxygens (including phenoxy) is 1. The van der Waals surface area contributed by atoms with Crippen molar-refractivity contribution in [2.24, 2.45) is 5.73 Å². The van der Waals surface area contributed by atoms with E-state index in [1.54, 1.807) is 24.3 Å². The van der Waals surface area contributed by atoms with E-state index in [-0.39, 0.29) is 0 Å². The Morgan fingerprint density at radius 3 is 2.33 bits per heavy atom. The smallest absolute Gasteiger partial charge is 0.119 e. The van der Waals surface area contributed by atoms with Gasteiger partial charge in [-0.15, -0.1) is 0 Å². The van der Waals surface area contributed by atoms with Gasteiger partial charge in [-0.2, -0.15) is 0 Å². The van der Waals surface area contributed by atoms with E-state index in [0.717, 1.165) is 22.6 Å². The third-order valence-corrected chi connectivity index (χ3v) is 4.69. The molecule has 0 aliphatic rings. The molecule has 2 aromatic rings. The molecule has 112 valence electrons. The summed E-state index contributed by atoms with van der Waals surface area (Å²) in [6.45, 7) is 1.07. The Bertz CT molecular complexity index is 584.